The maximum atomic E-state index is 11.3. The summed E-state index contributed by atoms with van der Waals surface area (Å²) in [7, 11) is 0. The Balaban J connectivity index is 2.32. The Morgan fingerprint density at radius 3 is 2.69 bits per heavy atom. The number of hydrogen-bond acceptors (Lipinski definition) is 3. The van der Waals surface area contributed by atoms with Gasteiger partial charge in [-0.1, -0.05) is 19.3 Å². The van der Waals surface area contributed by atoms with Crippen molar-refractivity contribution in [3.05, 3.63) is 27.9 Å². The maximum absolute atomic E-state index is 11.3. The average molecular weight is 222 g/mol. The SMILES string of the molecule is O=C(O)c1cc(=O)[nH]c(C2CCCCC2)n1. The van der Waals surface area contributed by atoms with E-state index in [9.17, 15) is 9.59 Å². The number of carbonyl (C=O) groups is 1. The Bertz CT molecular complexity index is 447. The Morgan fingerprint density at radius 1 is 1.38 bits per heavy atom. The first-order valence-corrected chi connectivity index (χ1v) is 5.51. The molecule has 5 nitrogen and oxygen atoms in total. The molecule has 86 valence electrons. The Morgan fingerprint density at radius 2 is 2.06 bits per heavy atom. The Labute approximate surface area is 92.5 Å². The van der Waals surface area contributed by atoms with Crippen molar-refractivity contribution in [2.24, 2.45) is 0 Å². The largest absolute Gasteiger partial charge is 0.477 e. The number of carboxylic acids is 1. The van der Waals surface area contributed by atoms with Crippen molar-refractivity contribution in [3.8, 4) is 0 Å². The third-order valence-corrected chi connectivity index (χ3v) is 2.97. The van der Waals surface area contributed by atoms with Gasteiger partial charge < -0.3 is 10.1 Å². The molecule has 2 N–H and O–H groups in total. The van der Waals surface area contributed by atoms with E-state index in [4.69, 9.17) is 5.11 Å². The van der Waals surface area contributed by atoms with Crippen LogP contribution in [0.15, 0.2) is 10.9 Å². The molecular formula is C11H14N2O3. The summed E-state index contributed by atoms with van der Waals surface area (Å²) >= 11 is 0. The van der Waals surface area contributed by atoms with Crippen LogP contribution in [0.4, 0.5) is 0 Å². The molecule has 2 rings (SSSR count). The van der Waals surface area contributed by atoms with Gasteiger partial charge in [0.15, 0.2) is 5.69 Å². The molecule has 16 heavy (non-hydrogen) atoms. The number of aromatic carboxylic acids is 1. The summed E-state index contributed by atoms with van der Waals surface area (Å²) in [5.41, 5.74) is -0.544. The summed E-state index contributed by atoms with van der Waals surface area (Å²) < 4.78 is 0. The molecule has 1 aliphatic rings. The van der Waals surface area contributed by atoms with Crippen LogP contribution in [0.1, 0.15) is 54.3 Å². The van der Waals surface area contributed by atoms with Gasteiger partial charge >= 0.3 is 5.97 Å². The lowest BCUT2D eigenvalue weighted by molar-refractivity contribution is 0.0689. The van der Waals surface area contributed by atoms with Crippen molar-refractivity contribution < 1.29 is 9.90 Å². The summed E-state index contributed by atoms with van der Waals surface area (Å²) in [5, 5.41) is 8.82. The first kappa shape index (κ1) is 10.9. The highest BCUT2D eigenvalue weighted by molar-refractivity contribution is 5.85. The van der Waals surface area contributed by atoms with E-state index in [1.807, 2.05) is 0 Å². The molecule has 0 bridgehead atoms. The van der Waals surface area contributed by atoms with E-state index in [1.54, 1.807) is 0 Å². The van der Waals surface area contributed by atoms with Crippen LogP contribution in [0, 0.1) is 0 Å². The van der Waals surface area contributed by atoms with Crippen LogP contribution < -0.4 is 5.56 Å². The van der Waals surface area contributed by atoms with Gasteiger partial charge in [0, 0.05) is 12.0 Å². The molecule has 1 aromatic rings. The summed E-state index contributed by atoms with van der Waals surface area (Å²) in [4.78, 5) is 28.7. The van der Waals surface area contributed by atoms with Crippen LogP contribution in [0.2, 0.25) is 0 Å². The van der Waals surface area contributed by atoms with Gasteiger partial charge in [-0.05, 0) is 12.8 Å². The van der Waals surface area contributed by atoms with E-state index < -0.39 is 5.97 Å². The topological polar surface area (TPSA) is 83.0 Å². The van der Waals surface area contributed by atoms with E-state index in [1.165, 1.54) is 6.42 Å². The fourth-order valence-electron chi connectivity index (χ4n) is 2.16. The van der Waals surface area contributed by atoms with Crippen molar-refractivity contribution in [1.29, 1.82) is 0 Å². The van der Waals surface area contributed by atoms with Crippen molar-refractivity contribution in [1.82, 2.24) is 9.97 Å². The van der Waals surface area contributed by atoms with Crippen LogP contribution >= 0.6 is 0 Å². The second-order valence-corrected chi connectivity index (χ2v) is 4.16. The fourth-order valence-corrected chi connectivity index (χ4v) is 2.16. The van der Waals surface area contributed by atoms with E-state index in [0.29, 0.717) is 5.82 Å². The normalized spacial score (nSPS) is 17.2. The number of nitrogens with one attached hydrogen (secondary N) is 1. The molecule has 0 aromatic carbocycles. The van der Waals surface area contributed by atoms with Gasteiger partial charge in [0.25, 0.3) is 5.56 Å². The summed E-state index contributed by atoms with van der Waals surface area (Å²) in [6.45, 7) is 0. The highest BCUT2D eigenvalue weighted by Crippen LogP contribution is 2.29. The predicted octanol–water partition coefficient (Wildman–Crippen LogP) is 1.52. The molecule has 0 aliphatic heterocycles. The number of carboxylic acid groups (broad SMARTS) is 1. The minimum Gasteiger partial charge on any atom is -0.477 e. The molecule has 1 saturated carbocycles. The van der Waals surface area contributed by atoms with Gasteiger partial charge in [-0.2, -0.15) is 0 Å². The zero-order chi connectivity index (χ0) is 11.5. The van der Waals surface area contributed by atoms with Gasteiger partial charge in [-0.3, -0.25) is 4.79 Å². The van der Waals surface area contributed by atoms with Crippen LogP contribution in [0.3, 0.4) is 0 Å². The molecular weight excluding hydrogens is 208 g/mol. The molecule has 0 unspecified atom stereocenters. The minimum atomic E-state index is -1.15. The molecule has 0 amide bonds. The highest BCUT2D eigenvalue weighted by Gasteiger charge is 2.19. The van der Waals surface area contributed by atoms with Crippen molar-refractivity contribution >= 4 is 5.97 Å². The van der Waals surface area contributed by atoms with Crippen molar-refractivity contribution in [2.75, 3.05) is 0 Å². The molecule has 0 spiro atoms. The van der Waals surface area contributed by atoms with Gasteiger partial charge in [0.2, 0.25) is 0 Å². The van der Waals surface area contributed by atoms with E-state index in [2.05, 4.69) is 9.97 Å². The van der Waals surface area contributed by atoms with Crippen molar-refractivity contribution in [2.45, 2.75) is 38.0 Å². The molecule has 0 radical (unpaired) electrons. The summed E-state index contributed by atoms with van der Waals surface area (Å²) in [6, 6.07) is 1.02. The first-order chi connectivity index (χ1) is 7.66. The molecule has 1 aliphatic carbocycles. The Kier molecular flexibility index (Phi) is 3.03. The van der Waals surface area contributed by atoms with Crippen LogP contribution in [0.5, 0.6) is 0 Å². The van der Waals surface area contributed by atoms with Gasteiger partial charge in [0.1, 0.15) is 5.82 Å². The number of aromatic amines is 1. The van der Waals surface area contributed by atoms with Crippen molar-refractivity contribution in [3.63, 3.8) is 0 Å². The third kappa shape index (κ3) is 2.29. The molecule has 1 aromatic heterocycles. The van der Waals surface area contributed by atoms with Crippen LogP contribution in [-0.4, -0.2) is 21.0 Å². The smallest absolute Gasteiger partial charge is 0.354 e. The van der Waals surface area contributed by atoms with Gasteiger partial charge in [0.05, 0.1) is 0 Å². The number of nitrogens with zero attached hydrogens (tertiary/aromatic N) is 1. The second-order valence-electron chi connectivity index (χ2n) is 4.16. The highest BCUT2D eigenvalue weighted by atomic mass is 16.4. The molecule has 1 heterocycles. The summed E-state index contributed by atoms with van der Waals surface area (Å²) in [6.07, 6.45) is 5.40. The quantitative estimate of drug-likeness (QED) is 0.794. The summed E-state index contributed by atoms with van der Waals surface area (Å²) in [5.74, 6) is -0.409. The molecule has 0 atom stereocenters. The monoisotopic (exact) mass is 222 g/mol. The predicted molar refractivity (Wildman–Crippen MR) is 57.6 cm³/mol. The van der Waals surface area contributed by atoms with Gasteiger partial charge in [-0.25, -0.2) is 9.78 Å². The number of H-pyrrole nitrogens is 1. The second kappa shape index (κ2) is 4.47. The number of rotatable bonds is 2. The molecule has 0 saturated heterocycles. The lowest BCUT2D eigenvalue weighted by atomic mass is 9.88. The van der Waals surface area contributed by atoms with Crippen LogP contribution in [0.25, 0.3) is 0 Å². The zero-order valence-corrected chi connectivity index (χ0v) is 8.90. The fraction of sp³-hybridized carbons (Fsp3) is 0.545. The van der Waals surface area contributed by atoms with Gasteiger partial charge in [-0.15, -0.1) is 0 Å². The van der Waals surface area contributed by atoms with E-state index in [0.717, 1.165) is 31.7 Å². The molecule has 1 fully saturated rings. The standard InChI is InChI=1S/C11H14N2O3/c14-9-6-8(11(15)16)12-10(13-9)7-4-2-1-3-5-7/h6-7H,1-5H2,(H,15,16)(H,12,13,14). The Hall–Kier alpha value is -1.65. The van der Waals surface area contributed by atoms with Crippen LogP contribution in [-0.2, 0) is 0 Å². The number of aromatic nitrogens is 2. The van der Waals surface area contributed by atoms with E-state index in [-0.39, 0.29) is 17.2 Å². The lowest BCUT2D eigenvalue weighted by Crippen LogP contribution is -2.19. The zero-order valence-electron chi connectivity index (χ0n) is 8.90. The maximum Gasteiger partial charge on any atom is 0.354 e. The lowest BCUT2D eigenvalue weighted by Gasteiger charge is -2.20. The molecule has 5 heteroatoms. The average Bonchev–Trinajstić information content (AvgIpc) is 2.29. The third-order valence-electron chi connectivity index (χ3n) is 2.97. The first-order valence-electron chi connectivity index (χ1n) is 5.51. The minimum absolute atomic E-state index is 0.163. The van der Waals surface area contributed by atoms with E-state index >= 15 is 0 Å². The number of hydrogen-bond donors (Lipinski definition) is 2.